The van der Waals surface area contributed by atoms with Crippen molar-refractivity contribution >= 4 is 40.2 Å². The molecule has 3 atom stereocenters. The maximum Gasteiger partial charge on any atom is 0.227 e. The zero-order valence-electron chi connectivity index (χ0n) is 23.4. The molecule has 2 amide bonds. The standard InChI is InChI=1S/C29H43N7O4/c1-19(37)23(10-5-14-34-29(31)32)35-28(40)21(7-2-3-13-30)17-26(38)25-11-6-16-36(25)27(39)18-20-8-4-9-24-22(20)12-15-33-24/h4,8-9,12,15,21,23,25,33H,2-3,5-7,10-11,13-14,16-18,30H2,1H3,(H,35,40)(H4,31,32,34)/t21-,23+,25+/m1/s1. The number of ketones is 2. The zero-order valence-corrected chi connectivity index (χ0v) is 23.4. The average Bonchev–Trinajstić information content (AvgIpc) is 3.60. The van der Waals surface area contributed by atoms with Crippen LogP contribution in [0.4, 0.5) is 0 Å². The van der Waals surface area contributed by atoms with Crippen LogP contribution in [0.25, 0.3) is 10.9 Å². The number of aliphatic imine (C=N–C) groups is 1. The third kappa shape index (κ3) is 8.64. The highest BCUT2D eigenvalue weighted by Crippen LogP contribution is 2.25. The van der Waals surface area contributed by atoms with E-state index >= 15 is 0 Å². The molecule has 11 heteroatoms. The Bertz CT molecular complexity index is 1200. The van der Waals surface area contributed by atoms with E-state index in [1.54, 1.807) is 4.90 Å². The molecule has 2 heterocycles. The summed E-state index contributed by atoms with van der Waals surface area (Å²) in [5.41, 5.74) is 18.2. The molecule has 1 aliphatic heterocycles. The summed E-state index contributed by atoms with van der Waals surface area (Å²) in [6.07, 6.45) is 6.18. The number of fused-ring (bicyclic) bond motifs is 1. The number of aromatic nitrogens is 1. The fraction of sp³-hybridized carbons (Fsp3) is 0.552. The van der Waals surface area contributed by atoms with E-state index in [0.717, 1.165) is 29.3 Å². The molecule has 11 nitrogen and oxygen atoms in total. The largest absolute Gasteiger partial charge is 0.370 e. The van der Waals surface area contributed by atoms with Gasteiger partial charge in [0.05, 0.1) is 18.5 Å². The van der Waals surface area contributed by atoms with Crippen molar-refractivity contribution < 1.29 is 19.2 Å². The van der Waals surface area contributed by atoms with Gasteiger partial charge in [0.1, 0.15) is 0 Å². The molecule has 0 unspecified atom stereocenters. The number of unbranched alkanes of at least 4 members (excludes halogenated alkanes) is 1. The van der Waals surface area contributed by atoms with Crippen molar-refractivity contribution in [1.29, 1.82) is 0 Å². The van der Waals surface area contributed by atoms with E-state index in [4.69, 9.17) is 17.2 Å². The summed E-state index contributed by atoms with van der Waals surface area (Å²) in [6.45, 7) is 2.78. The number of rotatable bonds is 16. The maximum atomic E-state index is 13.5. The van der Waals surface area contributed by atoms with Crippen molar-refractivity contribution in [3.8, 4) is 0 Å². The van der Waals surface area contributed by atoms with Crippen LogP contribution in [0.15, 0.2) is 35.5 Å². The van der Waals surface area contributed by atoms with Crippen molar-refractivity contribution in [1.82, 2.24) is 15.2 Å². The topological polar surface area (TPSA) is 190 Å². The number of carbonyl (C=O) groups is 4. The Kier molecular flexibility index (Phi) is 11.7. The van der Waals surface area contributed by atoms with E-state index in [1.165, 1.54) is 6.92 Å². The minimum atomic E-state index is -0.686. The van der Waals surface area contributed by atoms with Gasteiger partial charge in [-0.15, -0.1) is 0 Å². The number of hydrogen-bond acceptors (Lipinski definition) is 6. The number of benzene rings is 1. The van der Waals surface area contributed by atoms with Crippen LogP contribution in [-0.4, -0.2) is 70.9 Å². The number of aromatic amines is 1. The van der Waals surface area contributed by atoms with Gasteiger partial charge in [0.15, 0.2) is 17.5 Å². The summed E-state index contributed by atoms with van der Waals surface area (Å²) in [7, 11) is 0. The molecule has 2 aromatic rings. The smallest absolute Gasteiger partial charge is 0.227 e. The molecule has 1 fully saturated rings. The van der Waals surface area contributed by atoms with Gasteiger partial charge < -0.3 is 32.4 Å². The molecule has 0 aliphatic carbocycles. The van der Waals surface area contributed by atoms with Gasteiger partial charge in [-0.05, 0) is 69.7 Å². The molecule has 8 N–H and O–H groups in total. The molecule has 218 valence electrons. The van der Waals surface area contributed by atoms with Gasteiger partial charge in [-0.2, -0.15) is 0 Å². The minimum Gasteiger partial charge on any atom is -0.370 e. The van der Waals surface area contributed by atoms with Gasteiger partial charge in [0, 0.05) is 42.5 Å². The third-order valence-corrected chi connectivity index (χ3v) is 7.55. The highest BCUT2D eigenvalue weighted by Gasteiger charge is 2.36. The van der Waals surface area contributed by atoms with Gasteiger partial charge in [0.2, 0.25) is 11.8 Å². The average molecular weight is 554 g/mol. The van der Waals surface area contributed by atoms with Gasteiger partial charge in [-0.3, -0.25) is 24.2 Å². The van der Waals surface area contributed by atoms with E-state index < -0.39 is 18.0 Å². The molecule has 1 aromatic carbocycles. The van der Waals surface area contributed by atoms with Crippen molar-refractivity contribution in [2.75, 3.05) is 19.6 Å². The van der Waals surface area contributed by atoms with Crippen LogP contribution in [0.2, 0.25) is 0 Å². The molecule has 0 radical (unpaired) electrons. The lowest BCUT2D eigenvalue weighted by molar-refractivity contribution is -0.138. The Morgan fingerprint density at radius 2 is 1.93 bits per heavy atom. The molecule has 0 spiro atoms. The monoisotopic (exact) mass is 553 g/mol. The Hall–Kier alpha value is -3.73. The quantitative estimate of drug-likeness (QED) is 0.118. The number of guanidine groups is 1. The Balaban J connectivity index is 1.65. The van der Waals surface area contributed by atoms with E-state index in [0.29, 0.717) is 51.7 Å². The number of nitrogens with two attached hydrogens (primary N) is 3. The molecular formula is C29H43N7O4. The SMILES string of the molecule is CC(=O)[C@H](CCCN=C(N)N)NC(=O)[C@H](CCCCN)CC(=O)[C@@H]1CCCN1C(=O)Cc1cccc2[nH]ccc12. The number of carbonyl (C=O) groups excluding carboxylic acids is 4. The fourth-order valence-electron chi connectivity index (χ4n) is 5.38. The number of nitrogens with zero attached hydrogens (tertiary/aromatic N) is 2. The van der Waals surface area contributed by atoms with Crippen molar-refractivity contribution in [2.24, 2.45) is 28.1 Å². The molecule has 0 bridgehead atoms. The summed E-state index contributed by atoms with van der Waals surface area (Å²) in [5.74, 6) is -1.35. The number of hydrogen-bond donors (Lipinski definition) is 5. The first-order valence-corrected chi connectivity index (χ1v) is 14.1. The predicted octanol–water partition coefficient (Wildman–Crippen LogP) is 1.53. The van der Waals surface area contributed by atoms with Crippen LogP contribution in [0.5, 0.6) is 0 Å². The minimum absolute atomic E-state index is 0.0108. The summed E-state index contributed by atoms with van der Waals surface area (Å²) in [5, 5.41) is 3.84. The summed E-state index contributed by atoms with van der Waals surface area (Å²) >= 11 is 0. The first kappa shape index (κ1) is 30.8. The first-order chi connectivity index (χ1) is 19.2. The lowest BCUT2D eigenvalue weighted by atomic mass is 9.91. The summed E-state index contributed by atoms with van der Waals surface area (Å²) < 4.78 is 0. The fourth-order valence-corrected chi connectivity index (χ4v) is 5.38. The Labute approximate surface area is 235 Å². The van der Waals surface area contributed by atoms with Crippen molar-refractivity contribution in [3.63, 3.8) is 0 Å². The number of nitrogens with one attached hydrogen (secondary N) is 2. The summed E-state index contributed by atoms with van der Waals surface area (Å²) in [6, 6.07) is 6.52. The second-order valence-electron chi connectivity index (χ2n) is 10.6. The second kappa shape index (κ2) is 15.2. The number of likely N-dealkylation sites (tertiary alicyclic amines) is 1. The van der Waals surface area contributed by atoms with Crippen LogP contribution in [0, 0.1) is 5.92 Å². The van der Waals surface area contributed by atoms with Crippen LogP contribution in [0.1, 0.15) is 63.9 Å². The molecule has 1 saturated heterocycles. The van der Waals surface area contributed by atoms with Gasteiger partial charge in [-0.25, -0.2) is 0 Å². The first-order valence-electron chi connectivity index (χ1n) is 14.1. The maximum absolute atomic E-state index is 13.5. The molecule has 1 aliphatic rings. The van der Waals surface area contributed by atoms with E-state index in [9.17, 15) is 19.2 Å². The molecule has 0 saturated carbocycles. The number of H-pyrrole nitrogens is 1. The molecule has 1 aromatic heterocycles. The predicted molar refractivity (Wildman–Crippen MR) is 155 cm³/mol. The van der Waals surface area contributed by atoms with Gasteiger partial charge >= 0.3 is 0 Å². The Morgan fingerprint density at radius 3 is 2.65 bits per heavy atom. The van der Waals surface area contributed by atoms with E-state index in [2.05, 4.69) is 15.3 Å². The van der Waals surface area contributed by atoms with Crippen LogP contribution in [-0.2, 0) is 25.6 Å². The van der Waals surface area contributed by atoms with Crippen LogP contribution in [0.3, 0.4) is 0 Å². The van der Waals surface area contributed by atoms with E-state index in [1.807, 2.05) is 30.5 Å². The lowest BCUT2D eigenvalue weighted by Gasteiger charge is -2.26. The highest BCUT2D eigenvalue weighted by atomic mass is 16.2. The van der Waals surface area contributed by atoms with Crippen molar-refractivity contribution in [2.45, 2.75) is 76.8 Å². The van der Waals surface area contributed by atoms with Crippen LogP contribution >= 0.6 is 0 Å². The highest BCUT2D eigenvalue weighted by molar-refractivity contribution is 5.95. The van der Waals surface area contributed by atoms with E-state index in [-0.39, 0.29) is 42.2 Å². The second-order valence-corrected chi connectivity index (χ2v) is 10.6. The number of amides is 2. The van der Waals surface area contributed by atoms with Gasteiger partial charge in [-0.1, -0.05) is 18.6 Å². The lowest BCUT2D eigenvalue weighted by Crippen LogP contribution is -2.45. The van der Waals surface area contributed by atoms with Gasteiger partial charge in [0.25, 0.3) is 0 Å². The van der Waals surface area contributed by atoms with Crippen LogP contribution < -0.4 is 22.5 Å². The van der Waals surface area contributed by atoms with Crippen molar-refractivity contribution in [3.05, 3.63) is 36.0 Å². The zero-order chi connectivity index (χ0) is 29.1. The molecule has 40 heavy (non-hydrogen) atoms. The summed E-state index contributed by atoms with van der Waals surface area (Å²) in [4.78, 5) is 61.1. The molecular weight excluding hydrogens is 510 g/mol. The third-order valence-electron chi connectivity index (χ3n) is 7.55. The normalized spacial score (nSPS) is 16.4. The Morgan fingerprint density at radius 1 is 1.12 bits per heavy atom. The molecule has 3 rings (SSSR count). The number of Topliss-reactive ketones (excluding diaryl/α,β-unsaturated/α-hetero) is 2.